The summed E-state index contributed by atoms with van der Waals surface area (Å²) in [6, 6.07) is 18.6. The Kier molecular flexibility index (Phi) is 7.47. The van der Waals surface area contributed by atoms with Gasteiger partial charge in [-0.05, 0) is 66.7 Å². The van der Waals surface area contributed by atoms with Crippen LogP contribution in [0, 0.1) is 0 Å². The molecule has 0 aliphatic carbocycles. The Bertz CT molecular complexity index is 1470. The van der Waals surface area contributed by atoms with E-state index in [-0.39, 0.29) is 33.7 Å². The number of carbonyl (C=O) groups is 1. The third-order valence-corrected chi connectivity index (χ3v) is 7.11. The minimum absolute atomic E-state index is 0.0436. The third kappa shape index (κ3) is 5.78. The number of aromatic nitrogens is 2. The van der Waals surface area contributed by atoms with E-state index in [0.717, 1.165) is 0 Å². The lowest BCUT2D eigenvalue weighted by Gasteiger charge is -2.11. The van der Waals surface area contributed by atoms with Crippen LogP contribution >= 0.6 is 11.6 Å². The molecule has 186 valence electrons. The number of nitrogens with zero attached hydrogens (tertiary/aromatic N) is 2. The largest absolute Gasteiger partial charge is 0.497 e. The predicted octanol–water partition coefficient (Wildman–Crippen LogP) is 4.68. The molecule has 0 atom stereocenters. The van der Waals surface area contributed by atoms with E-state index in [9.17, 15) is 13.2 Å². The molecule has 1 amide bonds. The zero-order valence-electron chi connectivity index (χ0n) is 19.3. The van der Waals surface area contributed by atoms with Gasteiger partial charge in [-0.2, -0.15) is 5.10 Å². The maximum atomic E-state index is 13.1. The number of rotatable bonds is 9. The van der Waals surface area contributed by atoms with Crippen LogP contribution in [-0.2, 0) is 16.6 Å². The standard InChI is InChI=1S/C25H22ClN3O6S/c1-33-19-5-7-20(8-6-19)35-16-29-12-11-24(28-29)25(30)27-18-13-21(34-2)15-23(14-18)36(31,32)22-9-3-17(26)4-10-22/h3-15H,16H2,1-2H3,(H,27,30). The fourth-order valence-corrected chi connectivity index (χ4v) is 4.68. The zero-order valence-corrected chi connectivity index (χ0v) is 20.9. The van der Waals surface area contributed by atoms with Crippen molar-refractivity contribution >= 4 is 33.0 Å². The number of amides is 1. The Morgan fingerprint density at radius 3 is 2.22 bits per heavy atom. The van der Waals surface area contributed by atoms with Crippen molar-refractivity contribution in [2.45, 2.75) is 16.5 Å². The molecular weight excluding hydrogens is 506 g/mol. The van der Waals surface area contributed by atoms with Gasteiger partial charge in [-0.15, -0.1) is 0 Å². The molecule has 0 saturated carbocycles. The highest BCUT2D eigenvalue weighted by Crippen LogP contribution is 2.29. The van der Waals surface area contributed by atoms with Gasteiger partial charge in [0.05, 0.1) is 24.0 Å². The van der Waals surface area contributed by atoms with Gasteiger partial charge in [0.25, 0.3) is 5.91 Å². The smallest absolute Gasteiger partial charge is 0.276 e. The number of halogens is 1. The average Bonchev–Trinajstić information content (AvgIpc) is 3.37. The van der Waals surface area contributed by atoms with Crippen molar-refractivity contribution in [1.82, 2.24) is 9.78 Å². The Balaban J connectivity index is 1.48. The minimum atomic E-state index is -3.88. The monoisotopic (exact) mass is 527 g/mol. The summed E-state index contributed by atoms with van der Waals surface area (Å²) >= 11 is 5.88. The highest BCUT2D eigenvalue weighted by atomic mass is 35.5. The highest BCUT2D eigenvalue weighted by molar-refractivity contribution is 7.91. The van der Waals surface area contributed by atoms with Crippen molar-refractivity contribution in [3.8, 4) is 17.2 Å². The van der Waals surface area contributed by atoms with Gasteiger partial charge in [-0.3, -0.25) is 4.79 Å². The number of sulfone groups is 1. The van der Waals surface area contributed by atoms with Crippen LogP contribution < -0.4 is 19.5 Å². The number of nitrogens with one attached hydrogen (secondary N) is 1. The van der Waals surface area contributed by atoms with E-state index >= 15 is 0 Å². The first kappa shape index (κ1) is 25.1. The summed E-state index contributed by atoms with van der Waals surface area (Å²) in [4.78, 5) is 12.8. The first-order chi connectivity index (χ1) is 17.3. The Hall–Kier alpha value is -4.02. The quantitative estimate of drug-likeness (QED) is 0.337. The summed E-state index contributed by atoms with van der Waals surface area (Å²) in [5.74, 6) is 1.06. The molecule has 4 aromatic rings. The van der Waals surface area contributed by atoms with Crippen molar-refractivity contribution < 1.29 is 27.4 Å². The molecule has 1 heterocycles. The highest BCUT2D eigenvalue weighted by Gasteiger charge is 2.20. The SMILES string of the molecule is COc1ccc(OCn2ccc(C(=O)Nc3cc(OC)cc(S(=O)(=O)c4ccc(Cl)cc4)c3)n2)cc1. The van der Waals surface area contributed by atoms with Crippen LogP contribution in [0.3, 0.4) is 0 Å². The summed E-state index contributed by atoms with van der Waals surface area (Å²) in [7, 11) is -0.892. The minimum Gasteiger partial charge on any atom is -0.497 e. The van der Waals surface area contributed by atoms with E-state index in [4.69, 9.17) is 25.8 Å². The summed E-state index contributed by atoms with van der Waals surface area (Å²) in [6.45, 7) is 0.0856. The van der Waals surface area contributed by atoms with E-state index in [0.29, 0.717) is 16.5 Å². The molecule has 0 spiro atoms. The Labute approximate surface area is 213 Å². The number of benzene rings is 3. The van der Waals surface area contributed by atoms with Crippen LogP contribution in [-0.4, -0.2) is 38.3 Å². The molecule has 0 aliphatic rings. The van der Waals surface area contributed by atoms with E-state index in [2.05, 4.69) is 10.4 Å². The molecule has 0 saturated heterocycles. The number of carbonyl (C=O) groups excluding carboxylic acids is 1. The van der Waals surface area contributed by atoms with Gasteiger partial charge < -0.3 is 19.5 Å². The maximum Gasteiger partial charge on any atom is 0.276 e. The second-order valence-electron chi connectivity index (χ2n) is 7.50. The van der Waals surface area contributed by atoms with Crippen molar-refractivity contribution in [1.29, 1.82) is 0 Å². The number of methoxy groups -OCH3 is 2. The molecule has 1 N–H and O–H groups in total. The van der Waals surface area contributed by atoms with Crippen LogP contribution in [0.2, 0.25) is 5.02 Å². The Morgan fingerprint density at radius 1 is 0.889 bits per heavy atom. The molecule has 0 fully saturated rings. The second kappa shape index (κ2) is 10.7. The number of hydrogen-bond acceptors (Lipinski definition) is 7. The summed E-state index contributed by atoms with van der Waals surface area (Å²) in [6.07, 6.45) is 1.60. The average molecular weight is 528 g/mol. The van der Waals surface area contributed by atoms with Gasteiger partial charge >= 0.3 is 0 Å². The normalized spacial score (nSPS) is 11.1. The second-order valence-corrected chi connectivity index (χ2v) is 9.88. The van der Waals surface area contributed by atoms with Gasteiger partial charge in [0, 0.05) is 23.0 Å². The molecule has 0 bridgehead atoms. The summed E-state index contributed by atoms with van der Waals surface area (Å²) in [5, 5.41) is 7.31. The molecule has 11 heteroatoms. The Morgan fingerprint density at radius 2 is 1.56 bits per heavy atom. The topological polar surface area (TPSA) is 109 Å². The lowest BCUT2D eigenvalue weighted by molar-refractivity contribution is 0.102. The molecule has 3 aromatic carbocycles. The molecule has 0 radical (unpaired) electrons. The lowest BCUT2D eigenvalue weighted by atomic mass is 10.3. The maximum absolute atomic E-state index is 13.1. The first-order valence-corrected chi connectivity index (χ1v) is 12.5. The van der Waals surface area contributed by atoms with Crippen LogP contribution in [0.15, 0.2) is 88.8 Å². The summed E-state index contributed by atoms with van der Waals surface area (Å²) < 4.78 is 43.7. The van der Waals surface area contributed by atoms with E-state index < -0.39 is 15.7 Å². The third-order valence-electron chi connectivity index (χ3n) is 5.10. The van der Waals surface area contributed by atoms with E-state index in [1.165, 1.54) is 60.3 Å². The lowest BCUT2D eigenvalue weighted by Crippen LogP contribution is -2.15. The van der Waals surface area contributed by atoms with Crippen LogP contribution in [0.4, 0.5) is 5.69 Å². The fourth-order valence-electron chi connectivity index (χ4n) is 3.23. The molecule has 36 heavy (non-hydrogen) atoms. The summed E-state index contributed by atoms with van der Waals surface area (Å²) in [5.41, 5.74) is 0.356. The van der Waals surface area contributed by atoms with Gasteiger partial charge in [0.2, 0.25) is 9.84 Å². The van der Waals surface area contributed by atoms with Crippen molar-refractivity contribution in [2.24, 2.45) is 0 Å². The molecule has 0 aliphatic heterocycles. The van der Waals surface area contributed by atoms with Gasteiger partial charge in [-0.25, -0.2) is 13.1 Å². The fraction of sp³-hybridized carbons (Fsp3) is 0.120. The van der Waals surface area contributed by atoms with Crippen molar-refractivity contribution in [3.05, 3.63) is 89.7 Å². The molecule has 4 rings (SSSR count). The van der Waals surface area contributed by atoms with E-state index in [1.807, 2.05) is 0 Å². The van der Waals surface area contributed by atoms with Crippen molar-refractivity contribution in [2.75, 3.05) is 19.5 Å². The number of hydrogen-bond donors (Lipinski definition) is 1. The molecule has 9 nitrogen and oxygen atoms in total. The van der Waals surface area contributed by atoms with Crippen LogP contribution in [0.1, 0.15) is 10.5 Å². The van der Waals surface area contributed by atoms with Crippen LogP contribution in [0.25, 0.3) is 0 Å². The molecule has 0 unspecified atom stereocenters. The first-order valence-electron chi connectivity index (χ1n) is 10.6. The van der Waals surface area contributed by atoms with E-state index in [1.54, 1.807) is 37.6 Å². The van der Waals surface area contributed by atoms with Gasteiger partial charge in [-0.1, -0.05) is 11.6 Å². The van der Waals surface area contributed by atoms with Crippen LogP contribution in [0.5, 0.6) is 17.2 Å². The predicted molar refractivity (Wildman–Crippen MR) is 134 cm³/mol. The van der Waals surface area contributed by atoms with Crippen molar-refractivity contribution in [3.63, 3.8) is 0 Å². The molecule has 1 aromatic heterocycles. The number of ether oxygens (including phenoxy) is 3. The van der Waals surface area contributed by atoms with Gasteiger partial charge in [0.1, 0.15) is 17.2 Å². The zero-order chi connectivity index (χ0) is 25.7. The molecular formula is C25H22ClN3O6S. The van der Waals surface area contributed by atoms with Gasteiger partial charge in [0.15, 0.2) is 12.4 Å². The number of anilines is 1.